The molecular weight excluding hydrogens is 987 g/mol. The van der Waals surface area contributed by atoms with Crippen LogP contribution in [0.2, 0.25) is 0 Å². The number of aliphatic imine (C=N–C) groups is 2. The summed E-state index contributed by atoms with van der Waals surface area (Å²) in [6.07, 6.45) is 2.42. The first kappa shape index (κ1) is 63.3. The van der Waals surface area contributed by atoms with E-state index in [0.717, 1.165) is 36.8 Å². The molecule has 0 spiro atoms. The Morgan fingerprint density at radius 3 is 1.87 bits per heavy atom. The summed E-state index contributed by atoms with van der Waals surface area (Å²) >= 11 is 0. The summed E-state index contributed by atoms with van der Waals surface area (Å²) in [6.45, 7) is 5.55. The van der Waals surface area contributed by atoms with Gasteiger partial charge in [0.25, 0.3) is 0 Å². The molecule has 416 valence electrons. The van der Waals surface area contributed by atoms with Crippen molar-refractivity contribution in [2.24, 2.45) is 44.4 Å². The second-order valence-corrected chi connectivity index (χ2v) is 17.4. The van der Waals surface area contributed by atoms with Crippen LogP contribution in [0.5, 0.6) is 0 Å². The van der Waals surface area contributed by atoms with Crippen molar-refractivity contribution in [1.29, 1.82) is 0 Å². The molecule has 76 heavy (non-hydrogen) atoms. The van der Waals surface area contributed by atoms with Gasteiger partial charge in [-0.15, -0.1) is 0 Å². The summed E-state index contributed by atoms with van der Waals surface area (Å²) in [5, 5.41) is 21.0. The van der Waals surface area contributed by atoms with E-state index in [2.05, 4.69) is 57.5 Å². The number of aromatic nitrogens is 1. The number of carbonyl (C=O) groups is 10. The van der Waals surface area contributed by atoms with Gasteiger partial charge in [-0.25, -0.2) is 0 Å². The van der Waals surface area contributed by atoms with Crippen molar-refractivity contribution in [3.05, 3.63) is 71.9 Å². The van der Waals surface area contributed by atoms with Crippen LogP contribution < -0.4 is 76.9 Å². The molecule has 1 saturated heterocycles. The summed E-state index contributed by atoms with van der Waals surface area (Å²) in [5.41, 5.74) is 33.1. The first-order valence-electron chi connectivity index (χ1n) is 24.7. The molecule has 1 aliphatic rings. The molecular formula is C49H75N17O10. The lowest BCUT2D eigenvalue weighted by molar-refractivity contribution is -0.134. The van der Waals surface area contributed by atoms with Crippen LogP contribution in [0.3, 0.4) is 0 Å². The molecule has 1 fully saturated rings. The molecule has 0 radical (unpaired) electrons. The average Bonchev–Trinajstić information content (AvgIpc) is 3.79. The Morgan fingerprint density at radius 1 is 0.671 bits per heavy atom. The van der Waals surface area contributed by atoms with Gasteiger partial charge in [0.1, 0.15) is 30.2 Å². The summed E-state index contributed by atoms with van der Waals surface area (Å²) in [6, 6.07) is 9.10. The number of hydrogen-bond acceptors (Lipinski definition) is 12. The monoisotopic (exact) mass is 1060 g/mol. The Labute approximate surface area is 440 Å². The normalized spacial score (nSPS) is 19.0. The lowest BCUT2D eigenvalue weighted by atomic mass is 10.0. The van der Waals surface area contributed by atoms with Crippen LogP contribution in [0.4, 0.5) is 0 Å². The first-order chi connectivity index (χ1) is 36.1. The largest absolute Gasteiger partial charge is 0.370 e. The van der Waals surface area contributed by atoms with Gasteiger partial charge in [0.15, 0.2) is 11.9 Å². The fraction of sp³-hybridized carbons (Fsp3) is 0.469. The summed E-state index contributed by atoms with van der Waals surface area (Å²) in [4.78, 5) is 141. The third kappa shape index (κ3) is 25.7. The maximum Gasteiger partial charge on any atom is 0.243 e. The quantitative estimate of drug-likeness (QED) is 0.0517. The molecule has 0 bridgehead atoms. The molecule has 5 atom stereocenters. The standard InChI is InChI=1S/C41H53N11O10.2C4H11N3/c1-23(53)45-21-35(56)48-29-12-7-17-44-34(55)16-14-28(37(43)58)50-41(62)32(19-25-20-46-27-11-6-5-10-26(25)27)49-36(57)22-47-38(59)31(18-24-8-3-2-4-9-24)52-40(61)30(51-39(29)60)13-15-33(42)54;2*1-2-3-7-4(5)6/h2-6,8-11,20,28-32,46H,7,12-19,21-22H2,1H3,(H2,42,54)(H2,43,58)(H,44,55)(H,45,53)(H,47,59)(H,48,56)(H,49,57)(H,50,62)(H,51,60)(H,52,61);2*2-3H2,1H3,(H4,5,6,7)/t28?,29?,30-,31?,32-;;/m0../s1. The van der Waals surface area contributed by atoms with Crippen molar-refractivity contribution in [2.75, 3.05) is 32.7 Å². The number of primary amides is 2. The fourth-order valence-corrected chi connectivity index (χ4v) is 7.08. The van der Waals surface area contributed by atoms with Gasteiger partial charge in [0.05, 0.1) is 13.1 Å². The van der Waals surface area contributed by atoms with E-state index in [4.69, 9.17) is 34.4 Å². The fourth-order valence-electron chi connectivity index (χ4n) is 7.08. The zero-order valence-corrected chi connectivity index (χ0v) is 43.2. The van der Waals surface area contributed by atoms with Crippen molar-refractivity contribution in [3.63, 3.8) is 0 Å². The first-order valence-corrected chi connectivity index (χ1v) is 24.7. The molecule has 0 saturated carbocycles. The van der Waals surface area contributed by atoms with Crippen LogP contribution in [0, 0.1) is 0 Å². The molecule has 27 nitrogen and oxygen atoms in total. The smallest absolute Gasteiger partial charge is 0.243 e. The van der Waals surface area contributed by atoms with Crippen LogP contribution in [-0.2, 0) is 60.8 Å². The SMILES string of the molecule is CC(=O)NCC(=O)NC1CCCNC(=O)CCC(C(N)=O)NC(=O)[C@H](Cc2c[nH]c3ccccc23)NC(=O)CNC(=O)C(Cc2ccccc2)NC(=O)[C@H](CCC(N)=O)NC1=O.CCCN=C(N)N.CCCN=C(N)N. The molecule has 10 amide bonds. The van der Waals surface area contributed by atoms with Crippen LogP contribution in [0.25, 0.3) is 10.9 Å². The number of fused-ring (bicyclic) bond motifs is 1. The molecule has 1 aromatic heterocycles. The lowest BCUT2D eigenvalue weighted by Crippen LogP contribution is -2.58. The molecule has 2 aromatic carbocycles. The third-order valence-corrected chi connectivity index (χ3v) is 10.9. The number of rotatable bonds is 15. The van der Waals surface area contributed by atoms with Gasteiger partial charge in [-0.2, -0.15) is 0 Å². The minimum Gasteiger partial charge on any atom is -0.370 e. The Kier molecular flexibility index (Phi) is 28.8. The van der Waals surface area contributed by atoms with Gasteiger partial charge in [-0.3, -0.25) is 57.9 Å². The topological polar surface area (TPSA) is 464 Å². The molecule has 21 N–H and O–H groups in total. The minimum atomic E-state index is -1.46. The number of nitrogens with one attached hydrogen (secondary N) is 9. The van der Waals surface area contributed by atoms with Gasteiger partial charge in [0, 0.05) is 69.3 Å². The lowest BCUT2D eigenvalue weighted by Gasteiger charge is -2.25. The van der Waals surface area contributed by atoms with E-state index in [-0.39, 0.29) is 69.8 Å². The highest BCUT2D eigenvalue weighted by atomic mass is 16.2. The van der Waals surface area contributed by atoms with Crippen molar-refractivity contribution < 1.29 is 47.9 Å². The molecule has 3 aromatic rings. The Balaban J connectivity index is 0.00000124. The van der Waals surface area contributed by atoms with E-state index < -0.39 is 102 Å². The van der Waals surface area contributed by atoms with Crippen LogP contribution in [0.15, 0.2) is 70.8 Å². The highest BCUT2D eigenvalue weighted by Crippen LogP contribution is 2.19. The van der Waals surface area contributed by atoms with E-state index >= 15 is 0 Å². The van der Waals surface area contributed by atoms with Crippen molar-refractivity contribution in [2.45, 2.75) is 115 Å². The Hall–Kier alpha value is -8.78. The number of para-hydroxylation sites is 1. The number of amides is 10. The maximum atomic E-state index is 13.9. The zero-order chi connectivity index (χ0) is 56.6. The Morgan fingerprint density at radius 2 is 1.28 bits per heavy atom. The van der Waals surface area contributed by atoms with E-state index in [1.54, 1.807) is 42.6 Å². The zero-order valence-electron chi connectivity index (χ0n) is 43.2. The van der Waals surface area contributed by atoms with Gasteiger partial charge in [-0.05, 0) is 55.7 Å². The summed E-state index contributed by atoms with van der Waals surface area (Å²) < 4.78 is 0. The van der Waals surface area contributed by atoms with E-state index in [0.29, 0.717) is 11.1 Å². The summed E-state index contributed by atoms with van der Waals surface area (Å²) in [5.74, 6) is -7.33. The number of aromatic amines is 1. The molecule has 2 heterocycles. The number of nitrogens with zero attached hydrogens (tertiary/aromatic N) is 2. The van der Waals surface area contributed by atoms with Gasteiger partial charge in [-0.1, -0.05) is 62.4 Å². The van der Waals surface area contributed by atoms with E-state index in [9.17, 15) is 47.9 Å². The van der Waals surface area contributed by atoms with Crippen LogP contribution in [0.1, 0.15) is 83.3 Å². The highest BCUT2D eigenvalue weighted by molar-refractivity contribution is 5.97. The summed E-state index contributed by atoms with van der Waals surface area (Å²) in [7, 11) is 0. The molecule has 3 unspecified atom stereocenters. The van der Waals surface area contributed by atoms with Crippen molar-refractivity contribution in [3.8, 4) is 0 Å². The number of benzene rings is 2. The molecule has 0 aliphatic carbocycles. The van der Waals surface area contributed by atoms with E-state index in [1.807, 2.05) is 32.0 Å². The number of carbonyl (C=O) groups excluding carboxylic acids is 10. The van der Waals surface area contributed by atoms with Crippen LogP contribution in [-0.4, -0.2) is 139 Å². The highest BCUT2D eigenvalue weighted by Gasteiger charge is 2.32. The van der Waals surface area contributed by atoms with E-state index in [1.165, 1.54) is 6.92 Å². The second-order valence-electron chi connectivity index (χ2n) is 17.4. The molecule has 1 aliphatic heterocycles. The number of nitrogens with two attached hydrogens (primary N) is 6. The number of H-pyrrole nitrogens is 1. The molecule has 4 rings (SSSR count). The molecule has 27 heteroatoms. The van der Waals surface area contributed by atoms with Gasteiger partial charge in [0.2, 0.25) is 59.1 Å². The second kappa shape index (κ2) is 34.6. The number of hydrogen-bond donors (Lipinski definition) is 15. The third-order valence-electron chi connectivity index (χ3n) is 10.9. The minimum absolute atomic E-state index is 0.0155. The van der Waals surface area contributed by atoms with Gasteiger partial charge >= 0.3 is 0 Å². The Bertz CT molecular complexity index is 2450. The van der Waals surface area contributed by atoms with Crippen molar-refractivity contribution >= 4 is 81.9 Å². The van der Waals surface area contributed by atoms with Crippen LogP contribution >= 0.6 is 0 Å². The van der Waals surface area contributed by atoms with Crippen molar-refractivity contribution in [1.82, 2.24) is 47.5 Å². The number of guanidine groups is 2. The van der Waals surface area contributed by atoms with Gasteiger partial charge < -0.3 is 81.9 Å². The predicted molar refractivity (Wildman–Crippen MR) is 285 cm³/mol. The maximum absolute atomic E-state index is 13.9. The predicted octanol–water partition coefficient (Wildman–Crippen LogP) is -3.59. The average molecular weight is 1060 g/mol.